The molecule has 1 saturated heterocycles. The molecule has 3 saturated carbocycles. The number of halogens is 1. The molecule has 2 aromatic rings. The monoisotopic (exact) mass is 619 g/mol. The van der Waals surface area contributed by atoms with Crippen LogP contribution in [0.1, 0.15) is 56.9 Å². The van der Waals surface area contributed by atoms with Crippen molar-refractivity contribution in [3.05, 3.63) is 82.4 Å². The van der Waals surface area contributed by atoms with E-state index in [-0.39, 0.29) is 23.5 Å². The lowest BCUT2D eigenvalue weighted by molar-refractivity contribution is -0.201. The van der Waals surface area contributed by atoms with Crippen LogP contribution in [0, 0.1) is 28.6 Å². The molecule has 9 atom stereocenters. The molecule has 1 aliphatic heterocycles. The molecular weight excluding hydrogens is 582 g/mol. The molecular formula is C35H38ClNO7. The molecule has 7 rings (SSSR count). The van der Waals surface area contributed by atoms with Crippen molar-refractivity contribution in [3.63, 3.8) is 0 Å². The van der Waals surface area contributed by atoms with Crippen molar-refractivity contribution < 1.29 is 34.0 Å². The lowest BCUT2D eigenvalue weighted by Gasteiger charge is -2.59. The number of anilines is 1. The van der Waals surface area contributed by atoms with E-state index in [1.165, 1.54) is 0 Å². The third-order valence-electron chi connectivity index (χ3n) is 11.4. The van der Waals surface area contributed by atoms with Crippen LogP contribution in [0.2, 0.25) is 5.02 Å². The van der Waals surface area contributed by atoms with Crippen molar-refractivity contribution in [1.82, 2.24) is 0 Å². The standard InChI is InChI=1S/C35H38ClNO7/c1-33-11-10-22(39)13-20(33)6-8-24-26-15-30-35(29(41)17-38,34(26,2)16-28(40)31(24)33)44-32(43-30)25-14-23(7-9-27(25)36)42-18-19-4-3-5-21(37)12-19/h3-5,7,9-14,24,26,28,30-32,38,40H,6,8,15-18,37H2,1-2H3/t24-,26?,28-,30+,31?,32+,33-,34-,35+/m0/s1. The molecule has 232 valence electrons. The van der Waals surface area contributed by atoms with Gasteiger partial charge in [-0.1, -0.05) is 49.2 Å². The molecule has 0 radical (unpaired) electrons. The highest BCUT2D eigenvalue weighted by Gasteiger charge is 2.76. The van der Waals surface area contributed by atoms with Crippen molar-refractivity contribution in [2.75, 3.05) is 12.3 Å². The fourth-order valence-electron chi connectivity index (χ4n) is 9.47. The number of nitrogens with two attached hydrogens (primary N) is 1. The van der Waals surface area contributed by atoms with E-state index in [9.17, 15) is 19.8 Å². The third kappa shape index (κ3) is 4.26. The van der Waals surface area contributed by atoms with Gasteiger partial charge in [-0.2, -0.15) is 0 Å². The lowest BCUT2D eigenvalue weighted by atomic mass is 9.46. The maximum Gasteiger partial charge on any atom is 0.193 e. The molecule has 1 heterocycles. The molecule has 0 bridgehead atoms. The number of allylic oxidation sites excluding steroid dienone is 4. The second kappa shape index (κ2) is 10.5. The minimum absolute atomic E-state index is 0.00482. The van der Waals surface area contributed by atoms with Gasteiger partial charge in [-0.25, -0.2) is 0 Å². The second-order valence-corrected chi connectivity index (χ2v) is 14.0. The predicted octanol–water partition coefficient (Wildman–Crippen LogP) is 5.10. The van der Waals surface area contributed by atoms with Gasteiger partial charge in [0.15, 0.2) is 23.5 Å². The topological polar surface area (TPSA) is 128 Å². The van der Waals surface area contributed by atoms with Gasteiger partial charge >= 0.3 is 0 Å². The number of fused-ring (bicyclic) bond motifs is 7. The summed E-state index contributed by atoms with van der Waals surface area (Å²) in [6.07, 6.45) is 5.36. The number of hydrogen-bond donors (Lipinski definition) is 3. The van der Waals surface area contributed by atoms with E-state index in [1.54, 1.807) is 30.4 Å². The zero-order chi connectivity index (χ0) is 31.0. The fraction of sp³-hybridized carbons (Fsp3) is 0.486. The summed E-state index contributed by atoms with van der Waals surface area (Å²) in [6.45, 7) is 3.72. The highest BCUT2D eigenvalue weighted by atomic mass is 35.5. The number of ether oxygens (including phenoxy) is 3. The van der Waals surface area contributed by atoms with E-state index in [1.807, 2.05) is 37.3 Å². The molecule has 2 aromatic carbocycles. The number of hydrogen-bond acceptors (Lipinski definition) is 8. The highest BCUT2D eigenvalue weighted by molar-refractivity contribution is 6.31. The molecule has 5 aliphatic rings. The van der Waals surface area contributed by atoms with Crippen LogP contribution in [0.4, 0.5) is 5.69 Å². The summed E-state index contributed by atoms with van der Waals surface area (Å²) in [5.41, 5.74) is 6.37. The maximum absolute atomic E-state index is 13.8. The van der Waals surface area contributed by atoms with Gasteiger partial charge in [0.25, 0.3) is 0 Å². The molecule has 0 aromatic heterocycles. The molecule has 44 heavy (non-hydrogen) atoms. The average molecular weight is 620 g/mol. The zero-order valence-corrected chi connectivity index (χ0v) is 25.6. The minimum Gasteiger partial charge on any atom is -0.489 e. The number of rotatable bonds is 6. The SMILES string of the molecule is C[C@]12C=CC(=O)C=C1CC[C@@H]1C2[C@@H](O)C[C@@]2(C)C1C[C@H]1O[C@@H](c3cc(OCc4cccc(N)c4)ccc3Cl)O[C@]12C(=O)CO. The highest BCUT2D eigenvalue weighted by Crippen LogP contribution is 2.70. The Balaban J connectivity index is 1.19. The Labute approximate surface area is 261 Å². The smallest absolute Gasteiger partial charge is 0.193 e. The normalized spacial score (nSPS) is 38.8. The number of Topliss-reactive ketones (excluding diaryl/α,β-unsaturated/α-hetero) is 1. The molecule has 9 heteroatoms. The zero-order valence-electron chi connectivity index (χ0n) is 24.9. The van der Waals surface area contributed by atoms with E-state index < -0.39 is 47.3 Å². The number of ketones is 2. The number of aliphatic hydroxyl groups excluding tert-OH is 2. The summed E-state index contributed by atoms with van der Waals surface area (Å²) in [4.78, 5) is 26.0. The molecule has 0 spiro atoms. The Kier molecular flexibility index (Phi) is 7.10. The van der Waals surface area contributed by atoms with Crippen molar-refractivity contribution in [3.8, 4) is 5.75 Å². The summed E-state index contributed by atoms with van der Waals surface area (Å²) >= 11 is 6.66. The van der Waals surface area contributed by atoms with Gasteiger partial charge in [0, 0.05) is 33.0 Å². The van der Waals surface area contributed by atoms with Crippen molar-refractivity contribution in [2.45, 2.75) is 70.2 Å². The number of nitrogen functional groups attached to an aromatic ring is 1. The Bertz CT molecular complexity index is 1590. The predicted molar refractivity (Wildman–Crippen MR) is 164 cm³/mol. The largest absolute Gasteiger partial charge is 0.489 e. The van der Waals surface area contributed by atoms with Gasteiger partial charge in [-0.15, -0.1) is 0 Å². The van der Waals surface area contributed by atoms with Gasteiger partial charge < -0.3 is 30.2 Å². The third-order valence-corrected chi connectivity index (χ3v) is 11.7. The summed E-state index contributed by atoms with van der Waals surface area (Å²) in [5, 5.41) is 22.5. The maximum atomic E-state index is 13.8. The Morgan fingerprint density at radius 1 is 1.20 bits per heavy atom. The fourth-order valence-corrected chi connectivity index (χ4v) is 9.67. The van der Waals surface area contributed by atoms with Crippen LogP contribution in [0.5, 0.6) is 5.75 Å². The Morgan fingerprint density at radius 3 is 2.80 bits per heavy atom. The van der Waals surface area contributed by atoms with Crippen LogP contribution >= 0.6 is 11.6 Å². The van der Waals surface area contributed by atoms with E-state index in [0.717, 1.165) is 24.0 Å². The first-order valence-corrected chi connectivity index (χ1v) is 15.7. The van der Waals surface area contributed by atoms with Gasteiger partial charge in [0.2, 0.25) is 0 Å². The van der Waals surface area contributed by atoms with E-state index in [4.69, 9.17) is 31.5 Å². The van der Waals surface area contributed by atoms with E-state index in [0.29, 0.717) is 41.5 Å². The molecule has 0 amide bonds. The van der Waals surface area contributed by atoms with Crippen LogP contribution in [0.15, 0.2) is 66.3 Å². The van der Waals surface area contributed by atoms with Crippen LogP contribution in [-0.2, 0) is 25.7 Å². The van der Waals surface area contributed by atoms with Crippen LogP contribution in [0.3, 0.4) is 0 Å². The number of carbonyl (C=O) groups is 2. The van der Waals surface area contributed by atoms with E-state index >= 15 is 0 Å². The van der Waals surface area contributed by atoms with Gasteiger partial charge in [0.05, 0.1) is 12.2 Å². The van der Waals surface area contributed by atoms with Gasteiger partial charge in [-0.05, 0) is 85.6 Å². The molecule has 8 nitrogen and oxygen atoms in total. The summed E-state index contributed by atoms with van der Waals surface area (Å²) in [5.74, 6) is 0.0678. The van der Waals surface area contributed by atoms with Crippen LogP contribution in [-0.4, -0.2) is 46.2 Å². The first-order valence-electron chi connectivity index (χ1n) is 15.4. The first-order chi connectivity index (χ1) is 21.0. The number of benzene rings is 2. The van der Waals surface area contributed by atoms with Crippen LogP contribution in [0.25, 0.3) is 0 Å². The van der Waals surface area contributed by atoms with Crippen LogP contribution < -0.4 is 10.5 Å². The number of aliphatic hydroxyl groups is 2. The number of carbonyl (C=O) groups excluding carboxylic acids is 2. The quantitative estimate of drug-likeness (QED) is 0.381. The Hall–Kier alpha value is -3.01. The molecule has 2 unspecified atom stereocenters. The molecule has 4 fully saturated rings. The first kappa shape index (κ1) is 29.7. The molecule has 4 N–H and O–H groups in total. The van der Waals surface area contributed by atoms with Crippen molar-refractivity contribution in [1.29, 1.82) is 0 Å². The average Bonchev–Trinajstić information content (AvgIpc) is 3.49. The Morgan fingerprint density at radius 2 is 2.02 bits per heavy atom. The summed E-state index contributed by atoms with van der Waals surface area (Å²) < 4.78 is 19.3. The van der Waals surface area contributed by atoms with Gasteiger partial charge in [0.1, 0.15) is 19.0 Å². The molecule has 4 aliphatic carbocycles. The van der Waals surface area contributed by atoms with Gasteiger partial charge in [-0.3, -0.25) is 9.59 Å². The lowest BCUT2D eigenvalue weighted by Crippen LogP contribution is -2.63. The van der Waals surface area contributed by atoms with Crippen molar-refractivity contribution in [2.24, 2.45) is 28.6 Å². The second-order valence-electron chi connectivity index (χ2n) is 13.6. The summed E-state index contributed by atoms with van der Waals surface area (Å²) in [7, 11) is 0. The summed E-state index contributed by atoms with van der Waals surface area (Å²) in [6, 6.07) is 12.7. The van der Waals surface area contributed by atoms with Crippen molar-refractivity contribution >= 4 is 28.9 Å². The van der Waals surface area contributed by atoms with E-state index in [2.05, 4.69) is 6.92 Å². The minimum atomic E-state index is -1.46.